The summed E-state index contributed by atoms with van der Waals surface area (Å²) < 4.78 is 0. The van der Waals surface area contributed by atoms with Gasteiger partial charge in [-0.1, -0.05) is 20.5 Å². The predicted molar refractivity (Wildman–Crippen MR) is 23.8 cm³/mol. The van der Waals surface area contributed by atoms with Gasteiger partial charge in [0.05, 0.1) is 0 Å². The third kappa shape index (κ3) is 63.8. The van der Waals surface area contributed by atoms with Gasteiger partial charge in [0.15, 0.2) is 0 Å². The van der Waals surface area contributed by atoms with Crippen LogP contribution in [0.1, 0.15) is 13.8 Å². The molecule has 0 aliphatic carbocycles. The molecule has 0 fully saturated rings. The van der Waals surface area contributed by atoms with E-state index < -0.39 is 0 Å². The van der Waals surface area contributed by atoms with Crippen LogP contribution in [0.4, 0.5) is 0 Å². The van der Waals surface area contributed by atoms with E-state index in [2.05, 4.69) is 6.92 Å². The molecule has 0 heterocycles. The maximum atomic E-state index is 7.46. The van der Waals surface area contributed by atoms with Gasteiger partial charge in [0, 0.05) is 91.5 Å². The van der Waals surface area contributed by atoms with Gasteiger partial charge in [0.25, 0.3) is 0 Å². The summed E-state index contributed by atoms with van der Waals surface area (Å²) in [5, 5.41) is 7.46. The molecule has 1 radical (unpaired) electrons. The molecular formula is C4H11ArOWY-. The quantitative estimate of drug-likeness (QED) is 0.611. The molecule has 4 heteroatoms. The topological polar surface area (TPSA) is 20.2 Å². The van der Waals surface area contributed by atoms with Crippen LogP contribution < -0.4 is 0 Å². The first kappa shape index (κ1) is 30.5. The second-order valence-corrected chi connectivity index (χ2v) is 0.224. The van der Waals surface area contributed by atoms with E-state index in [4.69, 9.17) is 5.11 Å². The van der Waals surface area contributed by atoms with Crippen molar-refractivity contribution in [1.29, 1.82) is 0 Å². The van der Waals surface area contributed by atoms with Gasteiger partial charge in [-0.3, -0.25) is 0 Å². The van der Waals surface area contributed by atoms with Gasteiger partial charge >= 0.3 is 0 Å². The molecule has 1 N–H and O–H groups in total. The average molecular weight is 388 g/mol. The first-order valence-electron chi connectivity index (χ1n) is 1.82. The minimum Gasteiger partial charge on any atom is -0.428 e. The van der Waals surface area contributed by atoms with E-state index >= 15 is 0 Å². The molecule has 0 spiro atoms. The van der Waals surface area contributed by atoms with Crippen molar-refractivity contribution in [2.75, 3.05) is 6.61 Å². The largest absolute Gasteiger partial charge is 0.428 e. The van der Waals surface area contributed by atoms with Gasteiger partial charge in [0.1, 0.15) is 0 Å². The van der Waals surface area contributed by atoms with Crippen LogP contribution in [-0.2, 0) is 53.8 Å². The molecule has 8 heavy (non-hydrogen) atoms. The van der Waals surface area contributed by atoms with E-state index in [1.165, 1.54) is 0 Å². The van der Waals surface area contributed by atoms with E-state index in [1.54, 1.807) is 0 Å². The predicted octanol–water partition coefficient (Wildman–Crippen LogP) is 0.834. The summed E-state index contributed by atoms with van der Waals surface area (Å²) in [5.41, 5.74) is 0. The van der Waals surface area contributed by atoms with Gasteiger partial charge in [-0.15, -0.1) is 0 Å². The molecule has 0 aromatic rings. The second-order valence-electron chi connectivity index (χ2n) is 0.224. The number of rotatable bonds is 0. The van der Waals surface area contributed by atoms with Crippen LogP contribution in [0, 0.1) is 44.7 Å². The summed E-state index contributed by atoms with van der Waals surface area (Å²) in [6.07, 6.45) is 0. The zero-order valence-electron chi connectivity index (χ0n) is 5.20. The Morgan fingerprint density at radius 1 is 1.38 bits per heavy atom. The Morgan fingerprint density at radius 2 is 1.38 bits per heavy atom. The van der Waals surface area contributed by atoms with E-state index in [0.29, 0.717) is 0 Å². The molecular weight excluding hydrogens is 377 g/mol. The fourth-order valence-electron chi connectivity index (χ4n) is 0. The normalized spacial score (nSPS) is 3.00. The van der Waals surface area contributed by atoms with E-state index in [1.807, 2.05) is 13.8 Å². The SMILES string of the molecule is CC.[Ar].[CH2-]CO.[W].[Y]. The third-order valence-electron chi connectivity index (χ3n) is 0. The zero-order chi connectivity index (χ0) is 4.71. The Kier molecular flexibility index (Phi) is 193. The summed E-state index contributed by atoms with van der Waals surface area (Å²) in [6, 6.07) is 0. The Morgan fingerprint density at radius 3 is 1.38 bits per heavy atom. The molecule has 0 bridgehead atoms. The summed E-state index contributed by atoms with van der Waals surface area (Å²) >= 11 is 0. The van der Waals surface area contributed by atoms with Crippen molar-refractivity contribution in [3.8, 4) is 0 Å². The van der Waals surface area contributed by atoms with Crippen LogP contribution in [0.2, 0.25) is 0 Å². The van der Waals surface area contributed by atoms with Crippen molar-refractivity contribution >= 4 is 0 Å². The van der Waals surface area contributed by atoms with Crippen molar-refractivity contribution in [3.05, 3.63) is 6.92 Å². The average Bonchev–Trinajstić information content (AvgIpc) is 1.46. The molecule has 0 saturated heterocycles. The van der Waals surface area contributed by atoms with Crippen molar-refractivity contribution in [1.82, 2.24) is 0 Å². The summed E-state index contributed by atoms with van der Waals surface area (Å²) in [7, 11) is 0. The van der Waals surface area contributed by atoms with Gasteiger partial charge < -0.3 is 12.0 Å². The van der Waals surface area contributed by atoms with Crippen LogP contribution >= 0.6 is 0 Å². The minimum atomic E-state index is 0. The van der Waals surface area contributed by atoms with Crippen LogP contribution in [0.25, 0.3) is 0 Å². The van der Waals surface area contributed by atoms with E-state index in [0.717, 1.165) is 0 Å². The first-order chi connectivity index (χ1) is 2.41. The molecule has 0 amide bonds. The second kappa shape index (κ2) is 50.5. The van der Waals surface area contributed by atoms with Gasteiger partial charge in [-0.2, -0.15) is 0 Å². The van der Waals surface area contributed by atoms with Crippen LogP contribution in [0.15, 0.2) is 0 Å². The van der Waals surface area contributed by atoms with Crippen molar-refractivity contribution < 1.29 is 96.6 Å². The van der Waals surface area contributed by atoms with Gasteiger partial charge in [-0.25, -0.2) is 0 Å². The molecule has 0 aliphatic heterocycles. The minimum absolute atomic E-state index is 0. The molecule has 0 saturated carbocycles. The van der Waals surface area contributed by atoms with Gasteiger partial charge in [0.2, 0.25) is 0 Å². The van der Waals surface area contributed by atoms with E-state index in [-0.39, 0.29) is 98.1 Å². The van der Waals surface area contributed by atoms with Gasteiger partial charge in [-0.05, 0) is 0 Å². The Hall–Kier alpha value is 3.01. The monoisotopic (exact) mass is 388 g/mol. The molecule has 0 rings (SSSR count). The van der Waals surface area contributed by atoms with Crippen molar-refractivity contribution in [2.45, 2.75) is 13.8 Å². The fourth-order valence-corrected chi connectivity index (χ4v) is 0. The molecule has 0 atom stereocenters. The molecule has 1 nitrogen and oxygen atoms in total. The molecule has 0 aromatic carbocycles. The van der Waals surface area contributed by atoms with Crippen molar-refractivity contribution in [2.24, 2.45) is 0 Å². The smallest absolute Gasteiger partial charge is 0 e. The number of hydrogen-bond donors (Lipinski definition) is 1. The summed E-state index contributed by atoms with van der Waals surface area (Å²) in [5.74, 6) is 0. The number of aliphatic hydroxyl groups excluding tert-OH is 1. The maximum absolute atomic E-state index is 7.46. The first-order valence-corrected chi connectivity index (χ1v) is 1.82. The van der Waals surface area contributed by atoms with Crippen LogP contribution in [0.3, 0.4) is 0 Å². The Balaban J connectivity index is -0.00000000567. The molecule has 0 aromatic heterocycles. The zero-order valence-corrected chi connectivity index (χ0v) is 11.7. The Labute approximate surface area is 122 Å². The van der Waals surface area contributed by atoms with Crippen molar-refractivity contribution in [3.63, 3.8) is 0 Å². The number of aliphatic hydroxyl groups is 1. The standard InChI is InChI=1S/C2H5O.C2H6.Ar.W.Y/c1-2-3;1-2;;;/h3H,1-2H2;1-2H3;;;/q-1;;;;. The Bertz CT molecular complexity index is 16.0. The third-order valence-corrected chi connectivity index (χ3v) is 0. The maximum Gasteiger partial charge on any atom is 0 e. The summed E-state index contributed by atoms with van der Waals surface area (Å²) in [6.45, 7) is 7.04. The molecule has 51 valence electrons. The molecule has 0 aliphatic rings. The molecule has 0 unspecified atom stereocenters. The van der Waals surface area contributed by atoms with Crippen LogP contribution in [-0.4, -0.2) is 11.7 Å². The fraction of sp³-hybridized carbons (Fsp3) is 0.750. The van der Waals surface area contributed by atoms with Crippen LogP contribution in [0.5, 0.6) is 0 Å². The summed E-state index contributed by atoms with van der Waals surface area (Å²) in [4.78, 5) is 0. The number of hydrogen-bond acceptors (Lipinski definition) is 1. The van der Waals surface area contributed by atoms with E-state index in [9.17, 15) is 0 Å².